The standard InChI is InChI=1S/C13H13BrFN5O2/c14-9-5-6(1-2-10(9)15)17-12(16)11-13(20-22-19-11)18-7-3-8(21)4-7/h1-2,5,7-8,21H,3-4H2,(H2,16,17)(H,18,20). The summed E-state index contributed by atoms with van der Waals surface area (Å²) in [5.74, 6) is 0.0907. The molecule has 1 fully saturated rings. The zero-order valence-electron chi connectivity index (χ0n) is 11.3. The van der Waals surface area contributed by atoms with Gasteiger partial charge in [-0.1, -0.05) is 0 Å². The van der Waals surface area contributed by atoms with Crippen LogP contribution in [0.2, 0.25) is 0 Å². The summed E-state index contributed by atoms with van der Waals surface area (Å²) in [6.07, 6.45) is 0.978. The Morgan fingerprint density at radius 3 is 2.91 bits per heavy atom. The number of aliphatic imine (C=N–C) groups is 1. The Morgan fingerprint density at radius 1 is 1.45 bits per heavy atom. The highest BCUT2D eigenvalue weighted by atomic mass is 79.9. The molecule has 0 saturated heterocycles. The molecule has 1 aromatic carbocycles. The van der Waals surface area contributed by atoms with Gasteiger partial charge in [0.15, 0.2) is 11.5 Å². The van der Waals surface area contributed by atoms with Crippen molar-refractivity contribution in [1.29, 1.82) is 0 Å². The van der Waals surface area contributed by atoms with Crippen LogP contribution in [-0.4, -0.2) is 33.4 Å². The number of hydrogen-bond acceptors (Lipinski definition) is 6. The lowest BCUT2D eigenvalue weighted by atomic mass is 9.89. The highest BCUT2D eigenvalue weighted by molar-refractivity contribution is 9.10. The predicted molar refractivity (Wildman–Crippen MR) is 81.4 cm³/mol. The number of nitrogens with zero attached hydrogens (tertiary/aromatic N) is 3. The maximum atomic E-state index is 13.2. The lowest BCUT2D eigenvalue weighted by Gasteiger charge is -2.31. The van der Waals surface area contributed by atoms with Gasteiger partial charge < -0.3 is 16.2 Å². The Morgan fingerprint density at radius 2 is 2.23 bits per heavy atom. The number of nitrogens with one attached hydrogen (secondary N) is 1. The smallest absolute Gasteiger partial charge is 0.202 e. The zero-order valence-corrected chi connectivity index (χ0v) is 12.9. The van der Waals surface area contributed by atoms with Gasteiger partial charge in [-0.25, -0.2) is 14.0 Å². The van der Waals surface area contributed by atoms with E-state index >= 15 is 0 Å². The minimum absolute atomic E-state index is 0.0992. The van der Waals surface area contributed by atoms with Crippen molar-refractivity contribution in [2.24, 2.45) is 10.7 Å². The SMILES string of the molecule is NC(=Nc1ccc(F)c(Br)c1)c1nonc1NC1CC(O)C1. The second kappa shape index (κ2) is 6.01. The van der Waals surface area contributed by atoms with Crippen LogP contribution in [0.4, 0.5) is 15.9 Å². The molecule has 0 bridgehead atoms. The van der Waals surface area contributed by atoms with Gasteiger partial charge in [0.2, 0.25) is 5.82 Å². The molecular weight excluding hydrogens is 357 g/mol. The molecule has 0 amide bonds. The summed E-state index contributed by atoms with van der Waals surface area (Å²) in [5, 5.41) is 19.9. The van der Waals surface area contributed by atoms with Crippen LogP contribution < -0.4 is 11.1 Å². The Hall–Kier alpha value is -2.00. The molecule has 3 rings (SSSR count). The fourth-order valence-corrected chi connectivity index (χ4v) is 2.46. The Labute approximate surface area is 133 Å². The van der Waals surface area contributed by atoms with E-state index in [2.05, 4.69) is 41.2 Å². The first-order valence-electron chi connectivity index (χ1n) is 6.59. The number of benzene rings is 1. The molecule has 1 aliphatic carbocycles. The first-order chi connectivity index (χ1) is 10.5. The maximum absolute atomic E-state index is 13.2. The van der Waals surface area contributed by atoms with Gasteiger partial charge in [0.05, 0.1) is 16.3 Å². The number of rotatable bonds is 4. The highest BCUT2D eigenvalue weighted by Gasteiger charge is 2.29. The lowest BCUT2D eigenvalue weighted by molar-refractivity contribution is 0.0834. The molecule has 1 aromatic heterocycles. The largest absolute Gasteiger partial charge is 0.393 e. The van der Waals surface area contributed by atoms with E-state index in [1.54, 1.807) is 0 Å². The van der Waals surface area contributed by atoms with Gasteiger partial charge in [-0.2, -0.15) is 0 Å². The van der Waals surface area contributed by atoms with Crippen LogP contribution in [0.25, 0.3) is 0 Å². The normalized spacial score (nSPS) is 21.5. The van der Waals surface area contributed by atoms with E-state index in [1.807, 2.05) is 0 Å². The quantitative estimate of drug-likeness (QED) is 0.561. The van der Waals surface area contributed by atoms with Crippen LogP contribution >= 0.6 is 15.9 Å². The fourth-order valence-electron chi connectivity index (χ4n) is 2.10. The molecule has 1 aliphatic rings. The van der Waals surface area contributed by atoms with E-state index in [0.717, 1.165) is 0 Å². The molecule has 2 aromatic rings. The van der Waals surface area contributed by atoms with Crippen LogP contribution in [0.3, 0.4) is 0 Å². The molecule has 116 valence electrons. The summed E-state index contributed by atoms with van der Waals surface area (Å²) in [5.41, 5.74) is 6.66. The molecule has 0 aliphatic heterocycles. The molecular formula is C13H13BrFN5O2. The van der Waals surface area contributed by atoms with Gasteiger partial charge in [0.1, 0.15) is 5.82 Å². The summed E-state index contributed by atoms with van der Waals surface area (Å²) in [7, 11) is 0. The summed E-state index contributed by atoms with van der Waals surface area (Å²) in [6.45, 7) is 0. The predicted octanol–water partition coefficient (Wildman–Crippen LogP) is 1.94. The van der Waals surface area contributed by atoms with Crippen LogP contribution in [-0.2, 0) is 0 Å². The average Bonchev–Trinajstić information content (AvgIpc) is 2.89. The number of nitrogens with two attached hydrogens (primary N) is 1. The van der Waals surface area contributed by atoms with E-state index < -0.39 is 0 Å². The average molecular weight is 370 g/mol. The molecule has 0 unspecified atom stereocenters. The minimum atomic E-state index is -0.383. The maximum Gasteiger partial charge on any atom is 0.202 e. The van der Waals surface area contributed by atoms with Gasteiger partial charge in [-0.3, -0.25) is 0 Å². The first-order valence-corrected chi connectivity index (χ1v) is 7.39. The second-order valence-corrected chi connectivity index (χ2v) is 5.88. The van der Waals surface area contributed by atoms with Crippen LogP contribution in [0.5, 0.6) is 0 Å². The van der Waals surface area contributed by atoms with Crippen molar-refractivity contribution in [3.8, 4) is 0 Å². The zero-order chi connectivity index (χ0) is 15.7. The monoisotopic (exact) mass is 369 g/mol. The third-order valence-electron chi connectivity index (χ3n) is 3.34. The Kier molecular flexibility index (Phi) is 4.08. The van der Waals surface area contributed by atoms with Gasteiger partial charge in [0, 0.05) is 6.04 Å². The molecule has 22 heavy (non-hydrogen) atoms. The van der Waals surface area contributed by atoms with Crippen molar-refractivity contribution in [3.05, 3.63) is 34.2 Å². The molecule has 1 saturated carbocycles. The fraction of sp³-hybridized carbons (Fsp3) is 0.308. The molecule has 7 nitrogen and oxygen atoms in total. The van der Waals surface area contributed by atoms with Crippen molar-refractivity contribution in [2.75, 3.05) is 5.32 Å². The van der Waals surface area contributed by atoms with Crippen LogP contribution in [0.15, 0.2) is 32.3 Å². The van der Waals surface area contributed by atoms with E-state index in [1.165, 1.54) is 18.2 Å². The van der Waals surface area contributed by atoms with E-state index in [9.17, 15) is 9.50 Å². The number of hydrogen-bond donors (Lipinski definition) is 3. The van der Waals surface area contributed by atoms with E-state index in [0.29, 0.717) is 28.8 Å². The Bertz CT molecular complexity index is 714. The number of aliphatic hydroxyl groups excluding tert-OH is 1. The third kappa shape index (κ3) is 3.09. The number of aliphatic hydroxyl groups is 1. The lowest BCUT2D eigenvalue weighted by Crippen LogP contribution is -2.39. The first kappa shape index (κ1) is 14.9. The summed E-state index contributed by atoms with van der Waals surface area (Å²) < 4.78 is 18.2. The molecule has 0 spiro atoms. The van der Waals surface area contributed by atoms with Gasteiger partial charge >= 0.3 is 0 Å². The van der Waals surface area contributed by atoms with Crippen molar-refractivity contribution in [1.82, 2.24) is 10.3 Å². The van der Waals surface area contributed by atoms with Crippen molar-refractivity contribution >= 4 is 33.3 Å². The van der Waals surface area contributed by atoms with Crippen molar-refractivity contribution < 1.29 is 14.1 Å². The van der Waals surface area contributed by atoms with Crippen molar-refractivity contribution in [3.63, 3.8) is 0 Å². The molecule has 9 heteroatoms. The van der Waals surface area contributed by atoms with Crippen LogP contribution in [0.1, 0.15) is 18.5 Å². The topological polar surface area (TPSA) is 110 Å². The molecule has 0 atom stereocenters. The summed E-state index contributed by atoms with van der Waals surface area (Å²) >= 11 is 3.09. The van der Waals surface area contributed by atoms with Gasteiger partial charge in [-0.05, 0) is 57.3 Å². The highest BCUT2D eigenvalue weighted by Crippen LogP contribution is 2.25. The number of aromatic nitrogens is 2. The summed E-state index contributed by atoms with van der Waals surface area (Å²) in [4.78, 5) is 4.18. The van der Waals surface area contributed by atoms with E-state index in [-0.39, 0.29) is 29.5 Å². The number of halogens is 2. The third-order valence-corrected chi connectivity index (χ3v) is 3.95. The van der Waals surface area contributed by atoms with Crippen molar-refractivity contribution in [2.45, 2.75) is 25.0 Å². The number of anilines is 1. The summed E-state index contributed by atoms with van der Waals surface area (Å²) in [6, 6.07) is 4.39. The van der Waals surface area contributed by atoms with Crippen LogP contribution in [0, 0.1) is 5.82 Å². The van der Waals surface area contributed by atoms with Gasteiger partial charge in [0.25, 0.3) is 0 Å². The second-order valence-electron chi connectivity index (χ2n) is 5.02. The molecule has 0 radical (unpaired) electrons. The van der Waals surface area contributed by atoms with E-state index in [4.69, 9.17) is 5.73 Å². The van der Waals surface area contributed by atoms with Gasteiger partial charge in [-0.15, -0.1) is 0 Å². The molecule has 4 N–H and O–H groups in total. The number of amidine groups is 1. The minimum Gasteiger partial charge on any atom is -0.393 e. The molecule has 1 heterocycles. The Balaban J connectivity index is 1.79.